The molecule has 1 amide bonds. The Kier molecular flexibility index (Phi) is 5.34. The second-order valence-electron chi connectivity index (χ2n) is 6.06. The second kappa shape index (κ2) is 7.66. The highest BCUT2D eigenvalue weighted by molar-refractivity contribution is 7.16. The molecule has 0 aliphatic rings. The number of thiazole rings is 1. The topological polar surface area (TPSA) is 43.6 Å². The lowest BCUT2D eigenvalue weighted by atomic mass is 10.2. The summed E-state index contributed by atoms with van der Waals surface area (Å²) >= 11 is 1.53. The van der Waals surface area contributed by atoms with Gasteiger partial charge < -0.3 is 9.30 Å². The van der Waals surface area contributed by atoms with Crippen LogP contribution >= 0.6 is 11.3 Å². The van der Waals surface area contributed by atoms with Crippen LogP contribution in [0.2, 0.25) is 0 Å². The minimum absolute atomic E-state index is 0.237. The molecule has 130 valence electrons. The van der Waals surface area contributed by atoms with E-state index in [1.54, 1.807) is 12.1 Å². The van der Waals surface area contributed by atoms with Crippen LogP contribution in [0.5, 0.6) is 5.75 Å². The number of rotatable bonds is 5. The van der Waals surface area contributed by atoms with Crippen molar-refractivity contribution in [2.24, 2.45) is 12.0 Å². The number of fused-ring (bicyclic) bond motifs is 1. The largest absolute Gasteiger partial charge is 0.494 e. The maximum absolute atomic E-state index is 12.5. The van der Waals surface area contributed by atoms with Gasteiger partial charge in [-0.05, 0) is 55.3 Å². The number of unbranched alkanes of at least 4 members (excludes halogenated alkanes) is 1. The zero-order valence-corrected chi connectivity index (χ0v) is 15.6. The SMILES string of the molecule is CCCCOc1ccc(C(=O)N=c2sc3cc(C)ccc3n2C)cc1. The average Bonchev–Trinajstić information content (AvgIpc) is 2.90. The van der Waals surface area contributed by atoms with Gasteiger partial charge in [-0.25, -0.2) is 0 Å². The Hall–Kier alpha value is -2.40. The van der Waals surface area contributed by atoms with Gasteiger partial charge >= 0.3 is 0 Å². The van der Waals surface area contributed by atoms with Crippen molar-refractivity contribution in [3.05, 3.63) is 58.4 Å². The first-order valence-electron chi connectivity index (χ1n) is 8.46. The van der Waals surface area contributed by atoms with Gasteiger partial charge in [0.15, 0.2) is 4.80 Å². The lowest BCUT2D eigenvalue weighted by Crippen LogP contribution is -2.13. The van der Waals surface area contributed by atoms with Gasteiger partial charge in [-0.1, -0.05) is 30.7 Å². The highest BCUT2D eigenvalue weighted by Crippen LogP contribution is 2.18. The van der Waals surface area contributed by atoms with Crippen LogP contribution < -0.4 is 9.54 Å². The summed E-state index contributed by atoms with van der Waals surface area (Å²) in [5.41, 5.74) is 2.85. The molecule has 0 N–H and O–H groups in total. The summed E-state index contributed by atoms with van der Waals surface area (Å²) in [7, 11) is 1.94. The standard InChI is InChI=1S/C20H22N2O2S/c1-4-5-12-24-16-9-7-15(8-10-16)19(23)21-20-22(3)17-11-6-14(2)13-18(17)25-20/h6-11,13H,4-5,12H2,1-3H3. The third kappa shape index (κ3) is 3.99. The number of nitrogens with zero attached hydrogens (tertiary/aromatic N) is 2. The van der Waals surface area contributed by atoms with Crippen LogP contribution in [0.3, 0.4) is 0 Å². The first-order chi connectivity index (χ1) is 12.1. The van der Waals surface area contributed by atoms with Crippen molar-refractivity contribution in [3.8, 4) is 5.75 Å². The Morgan fingerprint density at radius 3 is 2.68 bits per heavy atom. The zero-order valence-electron chi connectivity index (χ0n) is 14.8. The number of carbonyl (C=O) groups excluding carboxylic acids is 1. The van der Waals surface area contributed by atoms with Gasteiger partial charge in [0.1, 0.15) is 5.75 Å². The summed E-state index contributed by atoms with van der Waals surface area (Å²) in [6, 6.07) is 13.4. The molecule has 3 aromatic rings. The van der Waals surface area contributed by atoms with Gasteiger partial charge in [0.25, 0.3) is 5.91 Å². The maximum Gasteiger partial charge on any atom is 0.279 e. The number of aromatic nitrogens is 1. The lowest BCUT2D eigenvalue weighted by molar-refractivity contribution is 0.0998. The third-order valence-electron chi connectivity index (χ3n) is 4.03. The molecular formula is C20H22N2O2S. The minimum atomic E-state index is -0.237. The summed E-state index contributed by atoms with van der Waals surface area (Å²) in [6.07, 6.45) is 2.12. The molecule has 0 aliphatic carbocycles. The van der Waals surface area contributed by atoms with E-state index in [-0.39, 0.29) is 5.91 Å². The second-order valence-corrected chi connectivity index (χ2v) is 7.07. The van der Waals surface area contributed by atoms with Crippen molar-refractivity contribution in [2.75, 3.05) is 6.61 Å². The number of hydrogen-bond acceptors (Lipinski definition) is 3. The van der Waals surface area contributed by atoms with E-state index in [4.69, 9.17) is 4.74 Å². The fourth-order valence-corrected chi connectivity index (χ4v) is 3.64. The number of hydrogen-bond donors (Lipinski definition) is 0. The fourth-order valence-electron chi connectivity index (χ4n) is 2.53. The summed E-state index contributed by atoms with van der Waals surface area (Å²) < 4.78 is 8.72. The molecule has 5 heteroatoms. The first-order valence-corrected chi connectivity index (χ1v) is 9.28. The van der Waals surface area contributed by atoms with Crippen LogP contribution in [-0.4, -0.2) is 17.1 Å². The molecule has 25 heavy (non-hydrogen) atoms. The highest BCUT2D eigenvalue weighted by atomic mass is 32.1. The lowest BCUT2D eigenvalue weighted by Gasteiger charge is -2.05. The molecule has 0 radical (unpaired) electrons. The molecular weight excluding hydrogens is 332 g/mol. The van der Waals surface area contributed by atoms with Gasteiger partial charge in [0.2, 0.25) is 0 Å². The molecule has 4 nitrogen and oxygen atoms in total. The van der Waals surface area contributed by atoms with Crippen LogP contribution in [0, 0.1) is 6.92 Å². The number of aryl methyl sites for hydroxylation is 2. The first kappa shape index (κ1) is 17.4. The number of carbonyl (C=O) groups is 1. The molecule has 0 unspecified atom stereocenters. The van der Waals surface area contributed by atoms with Gasteiger partial charge in [0, 0.05) is 12.6 Å². The van der Waals surface area contributed by atoms with E-state index in [0.717, 1.165) is 28.8 Å². The average molecular weight is 354 g/mol. The molecule has 0 spiro atoms. The van der Waals surface area contributed by atoms with Crippen LogP contribution in [0.4, 0.5) is 0 Å². The van der Waals surface area contributed by atoms with Crippen molar-refractivity contribution in [1.29, 1.82) is 0 Å². The third-order valence-corrected chi connectivity index (χ3v) is 5.12. The molecule has 1 aromatic heterocycles. The van der Waals surface area contributed by atoms with Crippen LogP contribution in [-0.2, 0) is 7.05 Å². The van der Waals surface area contributed by atoms with E-state index < -0.39 is 0 Å². The molecule has 2 aromatic carbocycles. The molecule has 0 saturated heterocycles. The number of benzene rings is 2. The van der Waals surface area contributed by atoms with Crippen molar-refractivity contribution in [1.82, 2.24) is 4.57 Å². The van der Waals surface area contributed by atoms with Gasteiger partial charge in [-0.3, -0.25) is 4.79 Å². The Morgan fingerprint density at radius 1 is 1.20 bits per heavy atom. The number of amides is 1. The predicted molar refractivity (Wildman–Crippen MR) is 102 cm³/mol. The summed E-state index contributed by atoms with van der Waals surface area (Å²) in [6.45, 7) is 4.89. The molecule has 0 fully saturated rings. The van der Waals surface area contributed by atoms with Crippen molar-refractivity contribution < 1.29 is 9.53 Å². The molecule has 0 aliphatic heterocycles. The van der Waals surface area contributed by atoms with Crippen molar-refractivity contribution >= 4 is 27.5 Å². The molecule has 0 bridgehead atoms. The molecule has 0 saturated carbocycles. The molecule has 1 heterocycles. The Bertz CT molecular complexity index is 952. The van der Waals surface area contributed by atoms with Crippen LogP contribution in [0.25, 0.3) is 10.2 Å². The minimum Gasteiger partial charge on any atom is -0.494 e. The van der Waals surface area contributed by atoms with Crippen molar-refractivity contribution in [2.45, 2.75) is 26.7 Å². The smallest absolute Gasteiger partial charge is 0.279 e. The summed E-state index contributed by atoms with van der Waals surface area (Å²) in [5, 5.41) is 0. The molecule has 0 atom stereocenters. The van der Waals surface area contributed by atoms with Crippen LogP contribution in [0.15, 0.2) is 47.5 Å². The van der Waals surface area contributed by atoms with Gasteiger partial charge in [-0.15, -0.1) is 0 Å². The van der Waals surface area contributed by atoms with Gasteiger partial charge in [-0.2, -0.15) is 4.99 Å². The van der Waals surface area contributed by atoms with E-state index in [0.29, 0.717) is 17.0 Å². The van der Waals surface area contributed by atoms with E-state index >= 15 is 0 Å². The Balaban J connectivity index is 1.84. The normalized spacial score (nSPS) is 11.9. The molecule has 3 rings (SSSR count). The van der Waals surface area contributed by atoms with E-state index in [9.17, 15) is 4.79 Å². The van der Waals surface area contributed by atoms with E-state index in [2.05, 4.69) is 37.0 Å². The summed E-state index contributed by atoms with van der Waals surface area (Å²) in [5.74, 6) is 0.548. The maximum atomic E-state index is 12.5. The van der Waals surface area contributed by atoms with Crippen LogP contribution in [0.1, 0.15) is 35.7 Å². The van der Waals surface area contributed by atoms with E-state index in [1.807, 2.05) is 23.7 Å². The zero-order chi connectivity index (χ0) is 17.8. The predicted octanol–water partition coefficient (Wildman–Crippen LogP) is 4.47. The Labute approximate surface area is 151 Å². The van der Waals surface area contributed by atoms with E-state index in [1.165, 1.54) is 16.9 Å². The number of ether oxygens (including phenoxy) is 1. The highest BCUT2D eigenvalue weighted by Gasteiger charge is 2.07. The van der Waals surface area contributed by atoms with Gasteiger partial charge in [0.05, 0.1) is 16.8 Å². The quantitative estimate of drug-likeness (QED) is 0.635. The fraction of sp³-hybridized carbons (Fsp3) is 0.300. The van der Waals surface area contributed by atoms with Crippen molar-refractivity contribution in [3.63, 3.8) is 0 Å². The Morgan fingerprint density at radius 2 is 1.96 bits per heavy atom. The monoisotopic (exact) mass is 354 g/mol. The summed E-state index contributed by atoms with van der Waals surface area (Å²) in [4.78, 5) is 17.5.